The zero-order valence-electron chi connectivity index (χ0n) is 13.1. The minimum Gasteiger partial charge on any atom is -0.506 e. The topological polar surface area (TPSA) is 78.6 Å². The number of halogens is 3. The van der Waals surface area contributed by atoms with Crippen molar-refractivity contribution in [2.24, 2.45) is 5.92 Å². The Morgan fingerprint density at radius 1 is 1.29 bits per heavy atom. The molecule has 136 valence electrons. The summed E-state index contributed by atoms with van der Waals surface area (Å²) in [6.45, 7) is 3.64. The Morgan fingerprint density at radius 2 is 1.92 bits per heavy atom. The van der Waals surface area contributed by atoms with Crippen LogP contribution in [0.15, 0.2) is 16.6 Å². The summed E-state index contributed by atoms with van der Waals surface area (Å²) < 4.78 is 0.399. The lowest BCUT2D eigenvalue weighted by molar-refractivity contribution is -0.385. The Morgan fingerprint density at radius 3 is 2.42 bits per heavy atom. The van der Waals surface area contributed by atoms with E-state index in [0.29, 0.717) is 16.0 Å². The fraction of sp³-hybridized carbons (Fsp3) is 0.600. The van der Waals surface area contributed by atoms with Crippen LogP contribution in [0.3, 0.4) is 0 Å². The molecule has 1 atom stereocenters. The highest BCUT2D eigenvalue weighted by Gasteiger charge is 2.36. The SMILES string of the molecule is Cl.Cl.O=[N+]([O-])c1cc(Br)c(O)c([C@@H](C2CCC2)N2CCNCC2)c1. The predicted molar refractivity (Wildman–Crippen MR) is 101 cm³/mol. The van der Waals surface area contributed by atoms with Gasteiger partial charge in [0.15, 0.2) is 0 Å². The molecule has 9 heteroatoms. The standard InChI is InChI=1S/C15H20BrN3O3.2ClH/c16-13-9-11(19(21)22)8-12(15(13)20)14(10-2-1-3-10)18-6-4-17-5-7-18;;/h8-10,14,17,20H,1-7H2;2*1H/t14-;;/m1../s1. The number of nitrogens with one attached hydrogen (secondary N) is 1. The minimum atomic E-state index is -0.400. The largest absolute Gasteiger partial charge is 0.506 e. The third-order valence-corrected chi connectivity index (χ3v) is 5.35. The van der Waals surface area contributed by atoms with E-state index in [1.54, 1.807) is 6.07 Å². The Labute approximate surface area is 162 Å². The highest BCUT2D eigenvalue weighted by Crippen LogP contribution is 2.46. The molecule has 2 N–H and O–H groups in total. The van der Waals surface area contributed by atoms with Crippen LogP contribution in [0, 0.1) is 16.0 Å². The summed E-state index contributed by atoms with van der Waals surface area (Å²) in [6, 6.07) is 2.98. The van der Waals surface area contributed by atoms with Gasteiger partial charge in [-0.1, -0.05) is 6.42 Å². The number of benzene rings is 1. The molecule has 0 spiro atoms. The molecule has 0 radical (unpaired) electrons. The van der Waals surface area contributed by atoms with E-state index in [1.165, 1.54) is 12.5 Å². The molecule has 1 aromatic carbocycles. The van der Waals surface area contributed by atoms with Gasteiger partial charge in [0.2, 0.25) is 0 Å². The van der Waals surface area contributed by atoms with Crippen LogP contribution in [0.5, 0.6) is 5.75 Å². The third-order valence-electron chi connectivity index (χ3n) is 4.75. The number of rotatable bonds is 4. The molecule has 1 heterocycles. The summed E-state index contributed by atoms with van der Waals surface area (Å²) >= 11 is 3.26. The van der Waals surface area contributed by atoms with Gasteiger partial charge in [0.05, 0.1) is 9.40 Å². The molecule has 6 nitrogen and oxygen atoms in total. The van der Waals surface area contributed by atoms with Crippen LogP contribution in [0.4, 0.5) is 5.69 Å². The zero-order chi connectivity index (χ0) is 15.7. The lowest BCUT2D eigenvalue weighted by Gasteiger charge is -2.43. The number of phenolic OH excluding ortho intramolecular Hbond substituents is 1. The molecule has 0 bridgehead atoms. The maximum absolute atomic E-state index is 11.1. The third kappa shape index (κ3) is 4.32. The van der Waals surface area contributed by atoms with Crippen molar-refractivity contribution in [2.75, 3.05) is 26.2 Å². The van der Waals surface area contributed by atoms with Gasteiger partial charge in [-0.05, 0) is 34.7 Å². The molecule has 2 fully saturated rings. The molecule has 1 aliphatic heterocycles. The molecule has 1 aromatic rings. The van der Waals surface area contributed by atoms with Gasteiger partial charge in [0.25, 0.3) is 5.69 Å². The summed E-state index contributed by atoms with van der Waals surface area (Å²) in [5.41, 5.74) is 0.715. The number of hydrogen-bond acceptors (Lipinski definition) is 5. The van der Waals surface area contributed by atoms with Crippen LogP contribution >= 0.6 is 40.7 Å². The second-order valence-electron chi connectivity index (χ2n) is 6.04. The van der Waals surface area contributed by atoms with Crippen molar-refractivity contribution >= 4 is 46.4 Å². The molecular formula is C15H22BrCl2N3O3. The summed E-state index contributed by atoms with van der Waals surface area (Å²) in [4.78, 5) is 13.1. The lowest BCUT2D eigenvalue weighted by Crippen LogP contribution is -2.47. The Hall–Kier alpha value is -0.600. The summed E-state index contributed by atoms with van der Waals surface area (Å²) in [5.74, 6) is 0.610. The number of nitro groups is 1. The maximum Gasteiger partial charge on any atom is 0.271 e. The van der Waals surface area contributed by atoms with Gasteiger partial charge >= 0.3 is 0 Å². The summed E-state index contributed by atoms with van der Waals surface area (Å²) in [6.07, 6.45) is 3.44. The molecule has 2 aliphatic rings. The van der Waals surface area contributed by atoms with Crippen molar-refractivity contribution < 1.29 is 10.0 Å². The number of phenols is 1. The first kappa shape index (κ1) is 21.4. The molecule has 24 heavy (non-hydrogen) atoms. The summed E-state index contributed by atoms with van der Waals surface area (Å²) in [7, 11) is 0. The maximum atomic E-state index is 11.1. The molecule has 1 saturated heterocycles. The fourth-order valence-corrected chi connectivity index (χ4v) is 3.86. The minimum absolute atomic E-state index is 0. The van der Waals surface area contributed by atoms with Gasteiger partial charge < -0.3 is 10.4 Å². The first-order chi connectivity index (χ1) is 10.6. The van der Waals surface area contributed by atoms with E-state index in [1.807, 2.05) is 0 Å². The Balaban J connectivity index is 0.00000144. The van der Waals surface area contributed by atoms with E-state index in [-0.39, 0.29) is 42.3 Å². The van der Waals surface area contributed by atoms with Crippen LogP contribution < -0.4 is 5.32 Å². The van der Waals surface area contributed by atoms with E-state index in [4.69, 9.17) is 0 Å². The van der Waals surface area contributed by atoms with Crippen LogP contribution in [-0.2, 0) is 0 Å². The predicted octanol–water partition coefficient (Wildman–Crippen LogP) is 3.65. The van der Waals surface area contributed by atoms with Gasteiger partial charge in [-0.3, -0.25) is 15.0 Å². The van der Waals surface area contributed by atoms with Gasteiger partial charge in [0.1, 0.15) is 5.75 Å². The van der Waals surface area contributed by atoms with Gasteiger partial charge in [0, 0.05) is 49.9 Å². The highest BCUT2D eigenvalue weighted by atomic mass is 79.9. The Bertz CT molecular complexity index is 581. The van der Waals surface area contributed by atoms with Crippen LogP contribution in [0.1, 0.15) is 30.9 Å². The number of nitrogens with zero attached hydrogens (tertiary/aromatic N) is 2. The van der Waals surface area contributed by atoms with E-state index in [0.717, 1.165) is 39.0 Å². The molecule has 1 saturated carbocycles. The van der Waals surface area contributed by atoms with E-state index >= 15 is 0 Å². The molecule has 0 aromatic heterocycles. The number of aromatic hydroxyl groups is 1. The van der Waals surface area contributed by atoms with Crippen molar-refractivity contribution in [2.45, 2.75) is 25.3 Å². The van der Waals surface area contributed by atoms with Crippen molar-refractivity contribution in [1.82, 2.24) is 10.2 Å². The molecule has 3 rings (SSSR count). The number of hydrogen-bond donors (Lipinski definition) is 2. The van der Waals surface area contributed by atoms with E-state index in [9.17, 15) is 15.2 Å². The smallest absolute Gasteiger partial charge is 0.271 e. The lowest BCUT2D eigenvalue weighted by atomic mass is 9.76. The summed E-state index contributed by atoms with van der Waals surface area (Å²) in [5, 5.41) is 24.9. The zero-order valence-corrected chi connectivity index (χ0v) is 16.3. The van der Waals surface area contributed by atoms with Crippen LogP contribution in [-0.4, -0.2) is 41.1 Å². The fourth-order valence-electron chi connectivity index (χ4n) is 3.40. The molecule has 0 unspecified atom stereocenters. The Kier molecular flexibility index (Phi) is 8.22. The average molecular weight is 443 g/mol. The first-order valence-corrected chi connectivity index (χ1v) is 8.49. The second kappa shape index (κ2) is 9.20. The van der Waals surface area contributed by atoms with Crippen molar-refractivity contribution in [3.63, 3.8) is 0 Å². The van der Waals surface area contributed by atoms with Crippen molar-refractivity contribution in [3.05, 3.63) is 32.3 Å². The molecular weight excluding hydrogens is 421 g/mol. The number of non-ortho nitro benzene ring substituents is 1. The monoisotopic (exact) mass is 441 g/mol. The molecule has 0 amide bonds. The van der Waals surface area contributed by atoms with Gasteiger partial charge in [-0.15, -0.1) is 24.8 Å². The van der Waals surface area contributed by atoms with Gasteiger partial charge in [-0.2, -0.15) is 0 Å². The average Bonchev–Trinajstić information content (AvgIpc) is 2.46. The quantitative estimate of drug-likeness (QED) is 0.549. The van der Waals surface area contributed by atoms with Crippen LogP contribution in [0.2, 0.25) is 0 Å². The molecule has 1 aliphatic carbocycles. The van der Waals surface area contributed by atoms with Crippen molar-refractivity contribution in [1.29, 1.82) is 0 Å². The van der Waals surface area contributed by atoms with E-state index < -0.39 is 4.92 Å². The highest BCUT2D eigenvalue weighted by molar-refractivity contribution is 9.10. The van der Waals surface area contributed by atoms with Crippen LogP contribution in [0.25, 0.3) is 0 Å². The normalized spacial score (nSPS) is 19.5. The van der Waals surface area contributed by atoms with Crippen molar-refractivity contribution in [3.8, 4) is 5.75 Å². The van der Waals surface area contributed by atoms with E-state index in [2.05, 4.69) is 26.1 Å². The second-order valence-corrected chi connectivity index (χ2v) is 6.90. The van der Waals surface area contributed by atoms with Gasteiger partial charge in [-0.25, -0.2) is 0 Å². The number of nitro benzene ring substituents is 1. The first-order valence-electron chi connectivity index (χ1n) is 7.69. The number of piperazine rings is 1.